The Labute approximate surface area is 491 Å². The van der Waals surface area contributed by atoms with Crippen molar-refractivity contribution in [2.45, 2.75) is 361 Å². The fourth-order valence-electron chi connectivity index (χ4n) is 10.0. The van der Waals surface area contributed by atoms with Crippen molar-refractivity contribution in [3.8, 4) is 0 Å². The van der Waals surface area contributed by atoms with Gasteiger partial charge in [0.25, 0.3) is 0 Å². The Bertz CT molecular complexity index is 1450. The normalized spacial score (nSPS) is 12.5. The molecule has 0 fully saturated rings. The maximum Gasteiger partial charge on any atom is 0.306 e. The fraction of sp³-hybridized carbons (Fsp3) is 0.795. The van der Waals surface area contributed by atoms with E-state index in [0.29, 0.717) is 19.3 Å². The van der Waals surface area contributed by atoms with E-state index >= 15 is 0 Å². The second-order valence-corrected chi connectivity index (χ2v) is 23.1. The van der Waals surface area contributed by atoms with E-state index in [2.05, 4.69) is 93.7 Å². The van der Waals surface area contributed by atoms with E-state index in [9.17, 15) is 14.4 Å². The molecule has 0 aliphatic heterocycles. The minimum absolute atomic E-state index is 0.0771. The highest BCUT2D eigenvalue weighted by Gasteiger charge is 2.19. The van der Waals surface area contributed by atoms with Gasteiger partial charge in [-0.3, -0.25) is 14.4 Å². The molecular formula is C73H130O6. The lowest BCUT2D eigenvalue weighted by atomic mass is 10.0. The Morgan fingerprint density at radius 2 is 0.494 bits per heavy atom. The summed E-state index contributed by atoms with van der Waals surface area (Å²) in [7, 11) is 0. The van der Waals surface area contributed by atoms with Crippen molar-refractivity contribution in [3.63, 3.8) is 0 Å². The zero-order valence-corrected chi connectivity index (χ0v) is 52.6. The van der Waals surface area contributed by atoms with Gasteiger partial charge >= 0.3 is 17.9 Å². The van der Waals surface area contributed by atoms with E-state index in [1.807, 2.05) is 0 Å². The molecule has 0 aromatic carbocycles. The molecule has 0 saturated carbocycles. The minimum Gasteiger partial charge on any atom is -0.462 e. The van der Waals surface area contributed by atoms with Crippen molar-refractivity contribution in [2.24, 2.45) is 0 Å². The Morgan fingerprint density at radius 1 is 0.266 bits per heavy atom. The van der Waals surface area contributed by atoms with Crippen LogP contribution in [0, 0.1) is 0 Å². The summed E-state index contributed by atoms with van der Waals surface area (Å²) in [5.74, 6) is -0.875. The first-order valence-corrected chi connectivity index (χ1v) is 34.4. The number of carbonyl (C=O) groups excluding carboxylic acids is 3. The summed E-state index contributed by atoms with van der Waals surface area (Å²) >= 11 is 0. The van der Waals surface area contributed by atoms with Crippen LogP contribution < -0.4 is 0 Å². The summed E-state index contributed by atoms with van der Waals surface area (Å²) in [4.78, 5) is 38.3. The molecule has 6 nitrogen and oxygen atoms in total. The molecular weight excluding hydrogens is 973 g/mol. The third-order valence-electron chi connectivity index (χ3n) is 15.2. The van der Waals surface area contributed by atoms with Crippen molar-refractivity contribution in [2.75, 3.05) is 13.2 Å². The molecule has 0 aromatic rings. The number of unbranched alkanes of at least 4 members (excludes halogenated alkanes) is 40. The largest absolute Gasteiger partial charge is 0.462 e. The predicted octanol–water partition coefficient (Wildman–Crippen LogP) is 23.7. The molecule has 0 amide bonds. The molecule has 0 aliphatic carbocycles. The molecule has 6 heteroatoms. The summed E-state index contributed by atoms with van der Waals surface area (Å²) in [6.45, 7) is 6.55. The lowest BCUT2D eigenvalue weighted by Crippen LogP contribution is -2.30. The van der Waals surface area contributed by atoms with Gasteiger partial charge in [-0.15, -0.1) is 0 Å². The summed E-state index contributed by atoms with van der Waals surface area (Å²) in [5, 5.41) is 0. The molecule has 1 unspecified atom stereocenters. The van der Waals surface area contributed by atoms with Gasteiger partial charge < -0.3 is 14.2 Å². The monoisotopic (exact) mass is 1100 g/mol. The zero-order chi connectivity index (χ0) is 57.1. The fourth-order valence-corrected chi connectivity index (χ4v) is 10.0. The first-order valence-electron chi connectivity index (χ1n) is 34.4. The van der Waals surface area contributed by atoms with Gasteiger partial charge in [0.1, 0.15) is 13.2 Å². The second kappa shape index (κ2) is 67.4. The highest BCUT2D eigenvalue weighted by molar-refractivity contribution is 5.71. The SMILES string of the molecule is CC/C=C\C/C=C\C/C=C\C/C=C\CCCCCCCCCCCCCCCCCCCCC(=O)OCC(COC(=O)CCCCCCC/C=C\CCCCCCC)OC(=O)CCCCCCC/C=C\CCCCCCCCC. The summed E-state index contributed by atoms with van der Waals surface area (Å²) in [6, 6.07) is 0. The van der Waals surface area contributed by atoms with Crippen LogP contribution in [-0.4, -0.2) is 37.2 Å². The topological polar surface area (TPSA) is 78.9 Å². The molecule has 1 atom stereocenters. The van der Waals surface area contributed by atoms with Crippen LogP contribution in [0.5, 0.6) is 0 Å². The number of hydrogen-bond donors (Lipinski definition) is 0. The highest BCUT2D eigenvalue weighted by Crippen LogP contribution is 2.17. The molecule has 0 aliphatic rings. The molecule has 0 radical (unpaired) electrons. The van der Waals surface area contributed by atoms with Crippen molar-refractivity contribution >= 4 is 17.9 Å². The van der Waals surface area contributed by atoms with Crippen LogP contribution in [0.1, 0.15) is 355 Å². The van der Waals surface area contributed by atoms with Gasteiger partial charge in [-0.1, -0.05) is 299 Å². The third-order valence-corrected chi connectivity index (χ3v) is 15.2. The number of esters is 3. The standard InChI is InChI=1S/C73H130O6/c1-4-7-10-13-16-19-22-25-28-30-31-32-33-34-35-36-37-38-39-40-41-42-43-44-46-48-51-54-57-60-63-66-72(75)78-69-70(68-77-71(74)65-62-59-56-53-50-47-27-24-21-18-15-12-9-6-3)79-73(76)67-64-61-58-55-52-49-45-29-26-23-20-17-14-11-8-5-2/h7,10,16,19,24-25,27-29,31-32,45,70H,4-6,8-9,11-15,17-18,20-23,26,30,33-44,46-69H2,1-3H3/b10-7-,19-16-,27-24-,28-25-,32-31-,45-29-. The van der Waals surface area contributed by atoms with Crippen LogP contribution in [0.2, 0.25) is 0 Å². The molecule has 0 heterocycles. The number of hydrogen-bond acceptors (Lipinski definition) is 6. The Kier molecular flexibility index (Phi) is 64.7. The molecule has 79 heavy (non-hydrogen) atoms. The maximum atomic E-state index is 12.9. The molecule has 458 valence electrons. The molecule has 0 rings (SSSR count). The van der Waals surface area contributed by atoms with Crippen LogP contribution in [0.15, 0.2) is 72.9 Å². The average Bonchev–Trinajstić information content (AvgIpc) is 3.45. The summed E-state index contributed by atoms with van der Waals surface area (Å²) in [5.41, 5.74) is 0. The van der Waals surface area contributed by atoms with Gasteiger partial charge in [-0.05, 0) is 109 Å². The Morgan fingerprint density at radius 3 is 0.785 bits per heavy atom. The van der Waals surface area contributed by atoms with Gasteiger partial charge in [0, 0.05) is 19.3 Å². The second-order valence-electron chi connectivity index (χ2n) is 23.1. The van der Waals surface area contributed by atoms with Crippen LogP contribution in [0.4, 0.5) is 0 Å². The van der Waals surface area contributed by atoms with E-state index in [-0.39, 0.29) is 31.1 Å². The van der Waals surface area contributed by atoms with Gasteiger partial charge in [-0.2, -0.15) is 0 Å². The van der Waals surface area contributed by atoms with Crippen molar-refractivity contribution in [3.05, 3.63) is 72.9 Å². The first-order chi connectivity index (χ1) is 39.0. The third kappa shape index (κ3) is 65.5. The van der Waals surface area contributed by atoms with E-state index < -0.39 is 6.10 Å². The molecule has 0 aromatic heterocycles. The lowest BCUT2D eigenvalue weighted by molar-refractivity contribution is -0.167. The van der Waals surface area contributed by atoms with Crippen LogP contribution >= 0.6 is 0 Å². The number of allylic oxidation sites excluding steroid dienone is 12. The van der Waals surface area contributed by atoms with Gasteiger partial charge in [0.2, 0.25) is 0 Å². The smallest absolute Gasteiger partial charge is 0.306 e. The van der Waals surface area contributed by atoms with E-state index in [1.165, 1.54) is 218 Å². The number of ether oxygens (including phenoxy) is 3. The van der Waals surface area contributed by atoms with E-state index in [1.54, 1.807) is 0 Å². The van der Waals surface area contributed by atoms with Crippen LogP contribution in [0.25, 0.3) is 0 Å². The van der Waals surface area contributed by atoms with Gasteiger partial charge in [0.05, 0.1) is 0 Å². The Hall–Kier alpha value is -3.15. The van der Waals surface area contributed by atoms with Gasteiger partial charge in [-0.25, -0.2) is 0 Å². The Balaban J connectivity index is 4.19. The molecule has 0 saturated heterocycles. The van der Waals surface area contributed by atoms with Crippen molar-refractivity contribution < 1.29 is 28.6 Å². The van der Waals surface area contributed by atoms with E-state index in [0.717, 1.165) is 96.3 Å². The molecule has 0 spiro atoms. The van der Waals surface area contributed by atoms with E-state index in [4.69, 9.17) is 14.2 Å². The first kappa shape index (κ1) is 75.8. The number of carbonyl (C=O) groups is 3. The highest BCUT2D eigenvalue weighted by atomic mass is 16.6. The predicted molar refractivity (Wildman–Crippen MR) is 344 cm³/mol. The summed E-state index contributed by atoms with van der Waals surface area (Å²) < 4.78 is 16.9. The van der Waals surface area contributed by atoms with Crippen molar-refractivity contribution in [1.29, 1.82) is 0 Å². The molecule has 0 N–H and O–H groups in total. The lowest BCUT2D eigenvalue weighted by Gasteiger charge is -2.18. The van der Waals surface area contributed by atoms with Crippen LogP contribution in [0.3, 0.4) is 0 Å². The van der Waals surface area contributed by atoms with Gasteiger partial charge in [0.15, 0.2) is 6.10 Å². The number of rotatable bonds is 63. The molecule has 0 bridgehead atoms. The van der Waals surface area contributed by atoms with Crippen LogP contribution in [-0.2, 0) is 28.6 Å². The zero-order valence-electron chi connectivity index (χ0n) is 52.6. The quantitative estimate of drug-likeness (QED) is 0.0261. The summed E-state index contributed by atoms with van der Waals surface area (Å²) in [6.07, 6.45) is 87.9. The maximum absolute atomic E-state index is 12.9. The van der Waals surface area contributed by atoms with Crippen molar-refractivity contribution in [1.82, 2.24) is 0 Å². The minimum atomic E-state index is -0.782. The average molecular weight is 1100 g/mol.